The van der Waals surface area contributed by atoms with Crippen LogP contribution >= 0.6 is 0 Å². The van der Waals surface area contributed by atoms with Crippen LogP contribution in [-0.4, -0.2) is 33.4 Å². The first-order valence-corrected chi connectivity index (χ1v) is 12.1. The molecule has 1 aliphatic carbocycles. The molecule has 0 radical (unpaired) electrons. The molecule has 3 heterocycles. The first kappa shape index (κ1) is 23.0. The van der Waals surface area contributed by atoms with Crippen LogP contribution < -0.4 is 20.9 Å². The Morgan fingerprint density at radius 2 is 2.00 bits per heavy atom. The van der Waals surface area contributed by atoms with Crippen LogP contribution in [0.2, 0.25) is 0 Å². The fourth-order valence-electron chi connectivity index (χ4n) is 4.33. The van der Waals surface area contributed by atoms with Gasteiger partial charge in [0, 0.05) is 24.2 Å². The largest absolute Gasteiger partial charge is 0.478 e. The second-order valence-electron chi connectivity index (χ2n) is 8.93. The zero-order valence-corrected chi connectivity index (χ0v) is 19.8. The number of carbonyl (C=O) groups excluding carboxylic acids is 1. The van der Waals surface area contributed by atoms with Gasteiger partial charge in [0.15, 0.2) is 0 Å². The molecule has 1 aromatic carbocycles. The lowest BCUT2D eigenvalue weighted by atomic mass is 9.85. The molecule has 0 unspecified atom stereocenters. The summed E-state index contributed by atoms with van der Waals surface area (Å²) in [5.41, 5.74) is 2.06. The maximum atomic E-state index is 12.8. The maximum Gasteiger partial charge on any atom is 0.270 e. The van der Waals surface area contributed by atoms with Gasteiger partial charge in [-0.05, 0) is 73.5 Å². The lowest BCUT2D eigenvalue weighted by Crippen LogP contribution is -2.27. The zero-order chi connectivity index (χ0) is 24.2. The summed E-state index contributed by atoms with van der Waals surface area (Å²) in [6.07, 6.45) is 5.63. The number of nitrogens with zero attached hydrogens (tertiary/aromatic N) is 3. The number of amides is 1. The van der Waals surface area contributed by atoms with Crippen LogP contribution in [0.25, 0.3) is 16.4 Å². The Bertz CT molecular complexity index is 1430. The van der Waals surface area contributed by atoms with Crippen LogP contribution in [0.15, 0.2) is 59.5 Å². The van der Waals surface area contributed by atoms with E-state index in [1.165, 1.54) is 35.3 Å². The van der Waals surface area contributed by atoms with E-state index in [1.807, 2.05) is 19.1 Å². The van der Waals surface area contributed by atoms with E-state index in [1.54, 1.807) is 24.4 Å². The third-order valence-corrected chi connectivity index (χ3v) is 6.42. The highest BCUT2D eigenvalue weighted by molar-refractivity contribution is 5.92. The van der Waals surface area contributed by atoms with Gasteiger partial charge in [0.05, 0.1) is 18.8 Å². The van der Waals surface area contributed by atoms with E-state index in [-0.39, 0.29) is 17.8 Å². The smallest absolute Gasteiger partial charge is 0.270 e. The molecule has 4 aromatic rings. The standard InChI is InChI=1S/C27H29N5O3/c1-2-35-27-22-10-9-19(16-28-15-18-6-5-7-18)12-20(22)13-21(30-27)17-29-26(34)23-14-25(33)32-11-4-3-8-24(32)31-23/h3-4,8-14,18,28H,2,5-7,15-17H2,1H3,(H,29,34). The van der Waals surface area contributed by atoms with Crippen molar-refractivity contribution in [2.75, 3.05) is 13.2 Å². The molecule has 0 bridgehead atoms. The lowest BCUT2D eigenvalue weighted by molar-refractivity contribution is 0.0945. The predicted molar refractivity (Wildman–Crippen MR) is 135 cm³/mol. The van der Waals surface area contributed by atoms with Gasteiger partial charge in [0.2, 0.25) is 5.88 Å². The van der Waals surface area contributed by atoms with E-state index < -0.39 is 5.91 Å². The number of hydrogen-bond acceptors (Lipinski definition) is 6. The first-order valence-electron chi connectivity index (χ1n) is 12.1. The van der Waals surface area contributed by atoms with E-state index >= 15 is 0 Å². The molecule has 1 aliphatic rings. The van der Waals surface area contributed by atoms with E-state index in [9.17, 15) is 9.59 Å². The molecule has 3 aromatic heterocycles. The van der Waals surface area contributed by atoms with Gasteiger partial charge in [-0.2, -0.15) is 0 Å². The average molecular weight is 472 g/mol. The number of aromatic nitrogens is 3. The van der Waals surface area contributed by atoms with Crippen LogP contribution in [0.1, 0.15) is 47.9 Å². The molecule has 0 aliphatic heterocycles. The maximum absolute atomic E-state index is 12.8. The van der Waals surface area contributed by atoms with E-state index in [4.69, 9.17) is 4.74 Å². The lowest BCUT2D eigenvalue weighted by Gasteiger charge is -2.25. The fraction of sp³-hybridized carbons (Fsp3) is 0.333. The molecule has 8 heteroatoms. The van der Waals surface area contributed by atoms with Crippen LogP contribution in [-0.2, 0) is 13.1 Å². The Kier molecular flexibility index (Phi) is 6.72. The number of benzene rings is 1. The quantitative estimate of drug-likeness (QED) is 0.388. The van der Waals surface area contributed by atoms with Crippen molar-refractivity contribution in [3.05, 3.63) is 82.0 Å². The predicted octanol–water partition coefficient (Wildman–Crippen LogP) is 3.46. The zero-order valence-electron chi connectivity index (χ0n) is 19.8. The Hall–Kier alpha value is -3.78. The summed E-state index contributed by atoms with van der Waals surface area (Å²) in [4.78, 5) is 34.0. The van der Waals surface area contributed by atoms with Gasteiger partial charge in [-0.1, -0.05) is 18.6 Å². The van der Waals surface area contributed by atoms with Crippen molar-refractivity contribution >= 4 is 22.3 Å². The molecule has 1 saturated carbocycles. The summed E-state index contributed by atoms with van der Waals surface area (Å²) in [7, 11) is 0. The third kappa shape index (κ3) is 5.17. The monoisotopic (exact) mass is 471 g/mol. The molecule has 180 valence electrons. The Morgan fingerprint density at radius 1 is 1.11 bits per heavy atom. The minimum Gasteiger partial charge on any atom is -0.478 e. The summed E-state index contributed by atoms with van der Waals surface area (Å²) in [5, 5.41) is 8.35. The first-order chi connectivity index (χ1) is 17.1. The van der Waals surface area contributed by atoms with Gasteiger partial charge in [-0.3, -0.25) is 14.0 Å². The number of rotatable bonds is 9. The van der Waals surface area contributed by atoms with Gasteiger partial charge in [0.25, 0.3) is 11.5 Å². The van der Waals surface area contributed by atoms with Gasteiger partial charge < -0.3 is 15.4 Å². The van der Waals surface area contributed by atoms with E-state index in [0.29, 0.717) is 23.8 Å². The SMILES string of the molecule is CCOc1nc(CNC(=O)c2cc(=O)n3ccccc3n2)cc2cc(CNCC3CCC3)ccc12. The van der Waals surface area contributed by atoms with Crippen LogP contribution in [0.5, 0.6) is 5.88 Å². The third-order valence-electron chi connectivity index (χ3n) is 6.42. The molecule has 0 atom stereocenters. The van der Waals surface area contributed by atoms with Gasteiger partial charge in [-0.25, -0.2) is 9.97 Å². The molecule has 8 nitrogen and oxygen atoms in total. The summed E-state index contributed by atoms with van der Waals surface area (Å²) in [6.45, 7) is 4.48. The van der Waals surface area contributed by atoms with Crippen molar-refractivity contribution < 1.29 is 9.53 Å². The van der Waals surface area contributed by atoms with Gasteiger partial charge in [0.1, 0.15) is 11.3 Å². The minimum absolute atomic E-state index is 0.0758. The molecule has 1 amide bonds. The molecular weight excluding hydrogens is 442 g/mol. The second kappa shape index (κ2) is 10.2. The Labute approximate surface area is 203 Å². The average Bonchev–Trinajstić information content (AvgIpc) is 2.84. The molecule has 5 rings (SSSR count). The van der Waals surface area contributed by atoms with Crippen molar-refractivity contribution in [2.45, 2.75) is 39.3 Å². The van der Waals surface area contributed by atoms with Crippen LogP contribution in [0.4, 0.5) is 0 Å². The second-order valence-corrected chi connectivity index (χ2v) is 8.93. The number of ether oxygens (including phenoxy) is 1. The highest BCUT2D eigenvalue weighted by atomic mass is 16.5. The summed E-state index contributed by atoms with van der Waals surface area (Å²) >= 11 is 0. The number of fused-ring (bicyclic) bond motifs is 2. The molecule has 0 saturated heterocycles. The highest BCUT2D eigenvalue weighted by Gasteiger charge is 2.16. The number of nitrogens with one attached hydrogen (secondary N) is 2. The summed E-state index contributed by atoms with van der Waals surface area (Å²) < 4.78 is 7.19. The van der Waals surface area contributed by atoms with Crippen LogP contribution in [0, 0.1) is 5.92 Å². The topological polar surface area (TPSA) is 97.6 Å². The fourth-order valence-corrected chi connectivity index (χ4v) is 4.33. The Balaban J connectivity index is 1.33. The summed E-state index contributed by atoms with van der Waals surface area (Å²) in [5.74, 6) is 0.931. The molecule has 0 spiro atoms. The van der Waals surface area contributed by atoms with Crippen molar-refractivity contribution in [3.63, 3.8) is 0 Å². The molecule has 35 heavy (non-hydrogen) atoms. The highest BCUT2D eigenvalue weighted by Crippen LogP contribution is 2.27. The minimum atomic E-state index is -0.428. The molecule has 1 fully saturated rings. The Morgan fingerprint density at radius 3 is 2.80 bits per heavy atom. The summed E-state index contributed by atoms with van der Waals surface area (Å²) in [6, 6.07) is 14.7. The van der Waals surface area contributed by atoms with Gasteiger partial charge in [-0.15, -0.1) is 0 Å². The van der Waals surface area contributed by atoms with Crippen LogP contribution in [0.3, 0.4) is 0 Å². The van der Waals surface area contributed by atoms with E-state index in [2.05, 4.69) is 32.7 Å². The normalized spacial score (nSPS) is 13.6. The molecular formula is C27H29N5O3. The van der Waals surface area contributed by atoms with E-state index in [0.717, 1.165) is 29.8 Å². The molecule has 2 N–H and O–H groups in total. The van der Waals surface area contributed by atoms with Crippen molar-refractivity contribution in [1.29, 1.82) is 0 Å². The van der Waals surface area contributed by atoms with Crippen molar-refractivity contribution in [3.8, 4) is 5.88 Å². The number of carbonyl (C=O) groups is 1. The van der Waals surface area contributed by atoms with Gasteiger partial charge >= 0.3 is 0 Å². The number of hydrogen-bond donors (Lipinski definition) is 2. The van der Waals surface area contributed by atoms with Crippen molar-refractivity contribution in [2.24, 2.45) is 5.92 Å². The van der Waals surface area contributed by atoms with Crippen molar-refractivity contribution in [1.82, 2.24) is 25.0 Å². The number of pyridine rings is 2.